The summed E-state index contributed by atoms with van der Waals surface area (Å²) in [5.41, 5.74) is -1.64. The molecule has 4 rings (SSSR count). The van der Waals surface area contributed by atoms with Gasteiger partial charge in [0, 0.05) is 59.8 Å². The van der Waals surface area contributed by atoms with Crippen LogP contribution in [0.15, 0.2) is 0 Å². The topological polar surface area (TPSA) is 622 Å². The van der Waals surface area contributed by atoms with Crippen LogP contribution in [0.4, 0.5) is 0 Å². The predicted molar refractivity (Wildman–Crippen MR) is 377 cm³/mol. The number of nitrogens with one attached hydrogen (secondary N) is 3. The van der Waals surface area contributed by atoms with Gasteiger partial charge in [0.25, 0.3) is 0 Å². The molecule has 43 nitrogen and oxygen atoms in total. The second-order valence-corrected chi connectivity index (χ2v) is 33.8. The van der Waals surface area contributed by atoms with Crippen LogP contribution < -0.4 is 16.0 Å². The van der Waals surface area contributed by atoms with E-state index in [0.717, 1.165) is 0 Å². The fourth-order valence-electron chi connectivity index (χ4n) is 11.7. The fraction of sp³-hybridized carbons (Fsp3) is 0.950. The molecule has 4 aliphatic heterocycles. The van der Waals surface area contributed by atoms with Gasteiger partial charge in [-0.2, -0.15) is 0 Å². The van der Waals surface area contributed by atoms with Gasteiger partial charge >= 0.3 is 39.3 Å². The molecule has 640 valence electrons. The Balaban J connectivity index is 1.34. The largest absolute Gasteiger partial charge is 0.474 e. The van der Waals surface area contributed by atoms with Crippen LogP contribution in [0.1, 0.15) is 124 Å². The summed E-state index contributed by atoms with van der Waals surface area (Å²) in [6.07, 6.45) is -13.2. The van der Waals surface area contributed by atoms with Crippen molar-refractivity contribution in [3.05, 3.63) is 0 Å². The summed E-state index contributed by atoms with van der Waals surface area (Å²) in [5.74, 6) is -1.55. The van der Waals surface area contributed by atoms with E-state index in [4.69, 9.17) is 83.6 Å². The van der Waals surface area contributed by atoms with Gasteiger partial charge in [0.15, 0.2) is 25.7 Å². The molecule has 0 aliphatic carbocycles. The number of hydrogen-bond donors (Lipinski definition) is 17. The first-order valence-electron chi connectivity index (χ1n) is 36.2. The number of phosphoric ester groups is 3. The highest BCUT2D eigenvalue weighted by Gasteiger charge is 2.49. The van der Waals surface area contributed by atoms with Crippen molar-refractivity contribution in [3.63, 3.8) is 0 Å². The highest BCUT2D eigenvalue weighted by atomic mass is 31.2. The molecular formula is C60H117BN3O40P5. The summed E-state index contributed by atoms with van der Waals surface area (Å²) >= 11 is 0. The van der Waals surface area contributed by atoms with Gasteiger partial charge in [-0.25, -0.2) is 13.7 Å². The monoisotopic (exact) mass is 1690 g/mol. The predicted octanol–water partition coefficient (Wildman–Crippen LogP) is -2.17. The quantitative estimate of drug-likeness (QED) is 0.0133. The first-order valence-corrected chi connectivity index (χ1v) is 43.7. The third-order valence-electron chi connectivity index (χ3n) is 17.3. The Bertz CT molecular complexity index is 2710. The van der Waals surface area contributed by atoms with Gasteiger partial charge in [-0.15, -0.1) is 0 Å². The van der Waals surface area contributed by atoms with Crippen LogP contribution in [0.5, 0.6) is 0 Å². The van der Waals surface area contributed by atoms with Crippen molar-refractivity contribution in [2.24, 2.45) is 5.41 Å². The standard InChI is InChI=1S/C60H117BN3O40P5/c1-39(68)62-48-54(74)51(71)44(31-65)101-57(48)90-21-10-4-7-13-24-93-107(81,82)96-27-16-19-87-34-60(37-98-106(79,80)29-18-42-43(104-105(77)78)30-47(61)100-42,36-89-38-99-109(85,86)95-26-15-9-6-12-23-92-59-50(64-41(3)70)56(76)53(73)46(33-67)103-59)35-88-20-17-28-97-108(83,84)94-25-14-8-5-11-22-91-58-49(63-40(2)69)55(75)52(72)45(32-66)102-58/h42-59,65-67,71-76,105H,4-38,61H2,1-3H3,(H,62,68)(H,63,69)(H,64,70)(H,77,78)(H,79,80)(H,81,82)(H,83,84)(H,85,86)/t42-,43+,44?,45?,46?,47-,48+,49+,50+,51+,52+,53+,54?,55?,56?,57-,58-,59-,60?/m1/s1. The number of ether oxygens (including phenoxy) is 10. The Kier molecular flexibility index (Phi) is 47.8. The molecule has 0 aromatic carbocycles. The zero-order valence-electron chi connectivity index (χ0n) is 61.8. The number of carbonyl (C=O) groups is 3. The molecule has 0 bridgehead atoms. The maximum Gasteiger partial charge on any atom is 0.474 e. The van der Waals surface area contributed by atoms with Crippen molar-refractivity contribution >= 4 is 64.9 Å². The third kappa shape index (κ3) is 39.0. The van der Waals surface area contributed by atoms with Crippen LogP contribution in [0.3, 0.4) is 0 Å². The third-order valence-corrected chi connectivity index (χ3v) is 22.1. The van der Waals surface area contributed by atoms with Crippen LogP contribution in [0.2, 0.25) is 0 Å². The molecular weight excluding hydrogens is 1570 g/mol. The molecule has 0 saturated carbocycles. The van der Waals surface area contributed by atoms with E-state index in [0.29, 0.717) is 70.6 Å². The molecule has 23 atom stereocenters. The van der Waals surface area contributed by atoms with Crippen molar-refractivity contribution in [2.75, 3.05) is 125 Å². The molecule has 49 heteroatoms. The average Bonchev–Trinajstić information content (AvgIpc) is 1.45. The molecule has 4 saturated heterocycles. The number of hydrogen-bond acceptors (Lipinski definition) is 35. The van der Waals surface area contributed by atoms with Gasteiger partial charge in [0.2, 0.25) is 17.7 Å². The van der Waals surface area contributed by atoms with Crippen LogP contribution in [0.25, 0.3) is 0 Å². The lowest BCUT2D eigenvalue weighted by molar-refractivity contribution is -0.270. The summed E-state index contributed by atoms with van der Waals surface area (Å²) in [6, 6.07) is -3.79. The molecule has 3 amide bonds. The zero-order chi connectivity index (χ0) is 80.8. The second-order valence-electron chi connectivity index (χ2n) is 26.7. The van der Waals surface area contributed by atoms with E-state index in [1.807, 2.05) is 0 Å². The number of unbranched alkanes of at least 4 members (excludes halogenated alkanes) is 9. The molecule has 0 radical (unpaired) electrons. The lowest BCUT2D eigenvalue weighted by Gasteiger charge is -2.42. The molecule has 4 aliphatic rings. The summed E-state index contributed by atoms with van der Waals surface area (Å²) in [7, 11) is -20.5. The van der Waals surface area contributed by atoms with E-state index in [2.05, 4.69) is 16.0 Å². The molecule has 109 heavy (non-hydrogen) atoms. The van der Waals surface area contributed by atoms with E-state index in [-0.39, 0.29) is 85.0 Å². The first kappa shape index (κ1) is 99.7. The van der Waals surface area contributed by atoms with Crippen LogP contribution in [-0.2, 0) is 121 Å². The number of amides is 3. The van der Waals surface area contributed by atoms with Gasteiger partial charge in [-0.3, -0.25) is 50.7 Å². The summed E-state index contributed by atoms with van der Waals surface area (Å²) in [6.45, 7) is -3.05. The van der Waals surface area contributed by atoms with Gasteiger partial charge in [0.05, 0.1) is 103 Å². The van der Waals surface area contributed by atoms with E-state index >= 15 is 0 Å². The lowest BCUT2D eigenvalue weighted by atomic mass is 9.92. The van der Waals surface area contributed by atoms with Crippen LogP contribution >= 0.6 is 39.3 Å². The van der Waals surface area contributed by atoms with Crippen molar-refractivity contribution < 1.29 is 191 Å². The lowest BCUT2D eigenvalue weighted by Crippen LogP contribution is -2.64. The minimum atomic E-state index is -4.84. The molecule has 4 fully saturated rings. The second kappa shape index (κ2) is 52.2. The number of aliphatic hydroxyl groups is 9. The minimum absolute atomic E-state index is 0.0576. The first-order chi connectivity index (χ1) is 51.6. The molecule has 0 aromatic heterocycles. The Morgan fingerprint density at radius 1 is 0.440 bits per heavy atom. The Morgan fingerprint density at radius 3 is 1.11 bits per heavy atom. The fourth-order valence-corrected chi connectivity index (χ4v) is 15.6. The molecule has 0 aromatic rings. The van der Waals surface area contributed by atoms with Gasteiger partial charge < -0.3 is 143 Å². The number of phosphoric acid groups is 3. The van der Waals surface area contributed by atoms with Crippen molar-refractivity contribution in [1.82, 2.24) is 16.0 Å². The Labute approximate surface area is 634 Å². The SMILES string of the molecule is B[C@H]1C[C@H](O[PH](=O)O)[C@@H](CCP(=O)(O)OCC(COCCCOP(=O)(O)OCCCCCCO[C@@H]2OC(CO)[C@H](O)C(O)[C@@H]2NC(C)=O)(COCCCOP(=O)(O)OCCCCCCO[C@@H]2OC(CO)[C@H](O)C(O)[C@@H]2NC(C)=O)COCOP(=O)(O)OCCCCCCO[C@@H]2OC(CO)[C@H](O)C(O)[C@@H]2NC(C)=O)O1. The van der Waals surface area contributed by atoms with Gasteiger partial charge in [0.1, 0.15) is 80.9 Å². The normalized spacial score (nSPS) is 30.5. The summed E-state index contributed by atoms with van der Waals surface area (Å²) in [5, 5.41) is 98.4. The molecule has 11 unspecified atom stereocenters. The Hall–Kier alpha value is -1.66. The summed E-state index contributed by atoms with van der Waals surface area (Å²) in [4.78, 5) is 87.5. The van der Waals surface area contributed by atoms with Gasteiger partial charge in [-0.1, -0.05) is 38.5 Å². The number of rotatable bonds is 60. The average molecular weight is 1690 g/mol. The van der Waals surface area contributed by atoms with E-state index in [1.165, 1.54) is 20.8 Å². The van der Waals surface area contributed by atoms with E-state index in [9.17, 15) is 108 Å². The van der Waals surface area contributed by atoms with Crippen molar-refractivity contribution in [2.45, 2.75) is 234 Å². The maximum atomic E-state index is 13.8. The number of aliphatic hydroxyl groups excluding tert-OH is 9. The van der Waals surface area contributed by atoms with Crippen LogP contribution in [0, 0.1) is 5.41 Å². The van der Waals surface area contributed by atoms with Crippen molar-refractivity contribution in [1.29, 1.82) is 0 Å². The van der Waals surface area contributed by atoms with Crippen molar-refractivity contribution in [3.8, 4) is 0 Å². The smallest absolute Gasteiger partial charge is 0.394 e. The highest BCUT2D eigenvalue weighted by molar-refractivity contribution is 7.52. The van der Waals surface area contributed by atoms with E-state index < -0.39 is 245 Å². The minimum Gasteiger partial charge on any atom is -0.394 e. The van der Waals surface area contributed by atoms with Crippen LogP contribution in [-0.4, -0.2) is 331 Å². The molecule has 17 N–H and O–H groups in total. The van der Waals surface area contributed by atoms with E-state index in [1.54, 1.807) is 7.85 Å². The number of carbonyl (C=O) groups excluding carboxylic acids is 3. The van der Waals surface area contributed by atoms with Gasteiger partial charge in [-0.05, 0) is 64.2 Å². The zero-order valence-corrected chi connectivity index (χ0v) is 66.4. The highest BCUT2D eigenvalue weighted by Crippen LogP contribution is 2.48. The molecule has 4 heterocycles. The Morgan fingerprint density at radius 2 is 0.771 bits per heavy atom. The maximum absolute atomic E-state index is 13.8. The summed E-state index contributed by atoms with van der Waals surface area (Å²) < 4.78 is 163. The molecule has 0 spiro atoms.